The summed E-state index contributed by atoms with van der Waals surface area (Å²) in [6, 6.07) is 52.9. The summed E-state index contributed by atoms with van der Waals surface area (Å²) >= 11 is 0. The molecule has 0 atom stereocenters. The molecule has 0 fully saturated rings. The minimum atomic E-state index is -0.219. The summed E-state index contributed by atoms with van der Waals surface area (Å²) in [7, 11) is 0. The number of pyridine rings is 2. The van der Waals surface area contributed by atoms with E-state index in [4.69, 9.17) is 15.0 Å². The van der Waals surface area contributed by atoms with Gasteiger partial charge in [-0.2, -0.15) is 4.57 Å². The van der Waals surface area contributed by atoms with E-state index in [1.165, 1.54) is 0 Å². The van der Waals surface area contributed by atoms with Gasteiger partial charge in [0, 0.05) is 55.9 Å². The van der Waals surface area contributed by atoms with Crippen molar-refractivity contribution < 1.29 is 9.36 Å². The molecule has 7 heteroatoms. The van der Waals surface area contributed by atoms with Crippen molar-refractivity contribution in [2.24, 2.45) is 0 Å². The molecule has 0 radical (unpaired) electrons. The molecule has 1 aliphatic rings. The molecule has 3 heterocycles. The van der Waals surface area contributed by atoms with Crippen molar-refractivity contribution in [3.63, 3.8) is 0 Å². The molecule has 0 saturated carbocycles. The van der Waals surface area contributed by atoms with Gasteiger partial charge in [0.2, 0.25) is 6.04 Å². The fourth-order valence-electron chi connectivity index (χ4n) is 7.71. The van der Waals surface area contributed by atoms with Gasteiger partial charge in [-0.25, -0.2) is 15.0 Å². The van der Waals surface area contributed by atoms with E-state index >= 15 is 0 Å². The molecule has 10 rings (SSSR count). The molecular formula is C47H30N5O2+. The van der Waals surface area contributed by atoms with Crippen molar-refractivity contribution in [3.8, 4) is 39.9 Å². The Hall–Kier alpha value is -7.38. The van der Waals surface area contributed by atoms with Gasteiger partial charge in [0.25, 0.3) is 0 Å². The van der Waals surface area contributed by atoms with Crippen LogP contribution in [0, 0.1) is 0 Å². The maximum atomic E-state index is 13.5. The number of aromatic nitrogens is 5. The monoisotopic (exact) mass is 696 g/mol. The number of hydrogen-bond acceptors (Lipinski definition) is 5. The van der Waals surface area contributed by atoms with E-state index < -0.39 is 0 Å². The van der Waals surface area contributed by atoms with E-state index in [1.54, 1.807) is 0 Å². The highest BCUT2D eigenvalue weighted by Crippen LogP contribution is 2.35. The predicted molar refractivity (Wildman–Crippen MR) is 210 cm³/mol. The van der Waals surface area contributed by atoms with Crippen LogP contribution in [0.5, 0.6) is 0 Å². The Labute approximate surface area is 310 Å². The fourth-order valence-corrected chi connectivity index (χ4v) is 7.71. The molecule has 7 nitrogen and oxygen atoms in total. The van der Waals surface area contributed by atoms with Crippen LogP contribution in [0.3, 0.4) is 0 Å². The first-order chi connectivity index (χ1) is 26.6. The highest BCUT2D eigenvalue weighted by Gasteiger charge is 2.36. The van der Waals surface area contributed by atoms with Gasteiger partial charge in [-0.05, 0) is 42.5 Å². The number of nitrogens with zero attached hydrogens (tertiary/aromatic N) is 5. The average molecular weight is 697 g/mol. The number of benzene rings is 6. The summed E-state index contributed by atoms with van der Waals surface area (Å²) in [6.07, 6.45) is 4.08. The Kier molecular flexibility index (Phi) is 7.37. The smallest absolute Gasteiger partial charge is 0.210 e. The molecule has 0 spiro atoms. The van der Waals surface area contributed by atoms with E-state index in [1.807, 2.05) is 164 Å². The lowest BCUT2D eigenvalue weighted by Gasteiger charge is -2.23. The second kappa shape index (κ2) is 12.7. The Morgan fingerprint density at radius 1 is 0.481 bits per heavy atom. The van der Waals surface area contributed by atoms with Crippen molar-refractivity contribution in [2.75, 3.05) is 0 Å². The summed E-state index contributed by atoms with van der Waals surface area (Å²) in [6.45, 7) is 0. The largest absolute Gasteiger partial charge is 0.309 e. The molecule has 0 aliphatic heterocycles. The molecule has 9 aromatic rings. The first kappa shape index (κ1) is 31.4. The summed E-state index contributed by atoms with van der Waals surface area (Å²) in [5.74, 6) is 1.62. The van der Waals surface area contributed by atoms with Gasteiger partial charge in [-0.15, -0.1) is 0 Å². The number of ketones is 1. The van der Waals surface area contributed by atoms with Gasteiger partial charge >= 0.3 is 0 Å². The van der Waals surface area contributed by atoms with E-state index in [9.17, 15) is 9.59 Å². The Bertz CT molecular complexity index is 2900. The van der Waals surface area contributed by atoms with Gasteiger partial charge in [0.1, 0.15) is 0 Å². The van der Waals surface area contributed by atoms with Gasteiger partial charge in [-0.3, -0.25) is 9.59 Å². The highest BCUT2D eigenvalue weighted by atomic mass is 16.1. The van der Waals surface area contributed by atoms with Crippen LogP contribution in [0.1, 0.15) is 33.1 Å². The SMILES string of the molecule is O=C1c2ccccc2C([n+]2cccc(-c3nc(-c4ccccc4)nc(-c4cccc(-n5c6ccccc6c(=O)c6ccccc65)c4)n3)c2)c2ccccc21. The lowest BCUT2D eigenvalue weighted by Crippen LogP contribution is -2.43. The van der Waals surface area contributed by atoms with Crippen molar-refractivity contribution in [1.29, 1.82) is 0 Å². The third-order valence-electron chi connectivity index (χ3n) is 10.2. The lowest BCUT2D eigenvalue weighted by atomic mass is 9.81. The molecular weight excluding hydrogens is 667 g/mol. The second-order valence-electron chi connectivity index (χ2n) is 13.4. The molecule has 1 aliphatic carbocycles. The van der Waals surface area contributed by atoms with Crippen molar-refractivity contribution in [3.05, 3.63) is 209 Å². The third kappa shape index (κ3) is 5.13. The number of fused-ring (bicyclic) bond motifs is 4. The van der Waals surface area contributed by atoms with Crippen LogP contribution < -0.4 is 10.00 Å². The van der Waals surface area contributed by atoms with E-state index in [0.717, 1.165) is 44.5 Å². The minimum absolute atomic E-state index is 0.00937. The Morgan fingerprint density at radius 2 is 1.00 bits per heavy atom. The molecule has 54 heavy (non-hydrogen) atoms. The Balaban J connectivity index is 1.15. The number of carbonyl (C=O) groups is 1. The summed E-state index contributed by atoms with van der Waals surface area (Å²) < 4.78 is 4.26. The summed E-state index contributed by atoms with van der Waals surface area (Å²) in [5, 5.41) is 1.31. The molecule has 0 bridgehead atoms. The topological polar surface area (TPSA) is 81.6 Å². The number of hydrogen-bond donors (Lipinski definition) is 0. The van der Waals surface area contributed by atoms with E-state index in [0.29, 0.717) is 39.4 Å². The number of rotatable bonds is 5. The maximum absolute atomic E-state index is 13.5. The van der Waals surface area contributed by atoms with Crippen molar-refractivity contribution >= 4 is 27.6 Å². The number of carbonyl (C=O) groups excluding carboxylic acids is 1. The zero-order chi connectivity index (χ0) is 36.2. The molecule has 0 saturated heterocycles. The Morgan fingerprint density at radius 3 is 1.67 bits per heavy atom. The molecule has 0 unspecified atom stereocenters. The molecule has 0 amide bonds. The normalized spacial score (nSPS) is 12.5. The van der Waals surface area contributed by atoms with Crippen molar-refractivity contribution in [1.82, 2.24) is 19.5 Å². The summed E-state index contributed by atoms with van der Waals surface area (Å²) in [5.41, 5.74) is 8.31. The number of para-hydroxylation sites is 2. The van der Waals surface area contributed by atoms with Crippen LogP contribution in [0.4, 0.5) is 0 Å². The second-order valence-corrected chi connectivity index (χ2v) is 13.4. The maximum Gasteiger partial charge on any atom is 0.210 e. The highest BCUT2D eigenvalue weighted by molar-refractivity contribution is 6.12. The molecule has 254 valence electrons. The lowest BCUT2D eigenvalue weighted by molar-refractivity contribution is -0.704. The van der Waals surface area contributed by atoms with Crippen LogP contribution in [-0.2, 0) is 0 Å². The van der Waals surface area contributed by atoms with Gasteiger partial charge in [0.05, 0.1) is 16.6 Å². The molecule has 3 aromatic heterocycles. The average Bonchev–Trinajstić information content (AvgIpc) is 3.24. The standard InChI is InChI=1S/C47H30N5O2/c53-43-36-21-6-4-19-34(36)42(35-20-5-7-22-37(35)43)51-27-13-17-32(29-51)47-49-45(30-14-2-1-3-15-30)48-46(50-47)31-16-12-18-33(28-31)52-40-25-10-8-23-38(40)44(54)39-24-9-11-26-41(39)52/h1-29,42H/q+1. The van der Waals surface area contributed by atoms with Gasteiger partial charge in [0.15, 0.2) is 41.1 Å². The van der Waals surface area contributed by atoms with Crippen LogP contribution in [0.2, 0.25) is 0 Å². The zero-order valence-corrected chi connectivity index (χ0v) is 28.9. The quantitative estimate of drug-likeness (QED) is 0.133. The minimum Gasteiger partial charge on any atom is -0.309 e. The van der Waals surface area contributed by atoms with Crippen molar-refractivity contribution in [2.45, 2.75) is 6.04 Å². The molecule has 0 N–H and O–H groups in total. The zero-order valence-electron chi connectivity index (χ0n) is 28.9. The first-order valence-electron chi connectivity index (χ1n) is 17.8. The van der Waals surface area contributed by atoms with Gasteiger partial charge < -0.3 is 4.57 Å². The van der Waals surface area contributed by atoms with Crippen LogP contribution in [0.25, 0.3) is 61.7 Å². The van der Waals surface area contributed by atoms with E-state index in [-0.39, 0.29) is 17.3 Å². The van der Waals surface area contributed by atoms with Crippen LogP contribution >= 0.6 is 0 Å². The van der Waals surface area contributed by atoms with E-state index in [2.05, 4.69) is 21.4 Å². The van der Waals surface area contributed by atoms with Gasteiger partial charge in [-0.1, -0.05) is 115 Å². The third-order valence-corrected chi connectivity index (χ3v) is 10.2. The molecule has 6 aromatic carbocycles. The fraction of sp³-hybridized carbons (Fsp3) is 0.0213. The van der Waals surface area contributed by atoms with Crippen LogP contribution in [-0.4, -0.2) is 25.3 Å². The first-order valence-corrected chi connectivity index (χ1v) is 17.8. The summed E-state index contributed by atoms with van der Waals surface area (Å²) in [4.78, 5) is 42.2. The predicted octanol–water partition coefficient (Wildman–Crippen LogP) is 8.80. The van der Waals surface area contributed by atoms with Crippen LogP contribution in [0.15, 0.2) is 181 Å².